The number of thiophene rings is 1. The van der Waals surface area contributed by atoms with Crippen LogP contribution in [0.15, 0.2) is 70.1 Å². The first-order valence-corrected chi connectivity index (χ1v) is 11.6. The molecule has 0 fully saturated rings. The zero-order valence-electron chi connectivity index (χ0n) is 19.1. The number of amides is 1. The van der Waals surface area contributed by atoms with Crippen molar-refractivity contribution in [2.24, 2.45) is 5.10 Å². The van der Waals surface area contributed by atoms with Crippen LogP contribution in [0.5, 0.6) is 0 Å². The highest BCUT2D eigenvalue weighted by molar-refractivity contribution is 7.17. The van der Waals surface area contributed by atoms with E-state index in [1.807, 2.05) is 48.7 Å². The number of benzene rings is 2. The second-order valence-electron chi connectivity index (χ2n) is 9.04. The number of hydrazone groups is 1. The molecule has 4 aromatic rings. The molecule has 0 bridgehead atoms. The predicted molar refractivity (Wildman–Crippen MR) is 135 cm³/mol. The van der Waals surface area contributed by atoms with Gasteiger partial charge in [-0.3, -0.25) is 14.2 Å². The van der Waals surface area contributed by atoms with E-state index < -0.39 is 5.91 Å². The zero-order chi connectivity index (χ0) is 23.6. The second kappa shape index (κ2) is 9.11. The molecular weight excluding hydrogens is 432 g/mol. The van der Waals surface area contributed by atoms with Crippen molar-refractivity contribution >= 4 is 33.7 Å². The number of carbonyl (C=O) groups excluding carboxylic acids is 1. The summed E-state index contributed by atoms with van der Waals surface area (Å²) in [5.74, 6) is -0.395. The van der Waals surface area contributed by atoms with Crippen LogP contribution < -0.4 is 11.0 Å². The van der Waals surface area contributed by atoms with Gasteiger partial charge in [0.2, 0.25) is 0 Å². The maximum atomic E-state index is 13.1. The molecule has 0 saturated carbocycles. The number of nitrogens with zero attached hydrogens (tertiary/aromatic N) is 3. The monoisotopic (exact) mass is 458 g/mol. The van der Waals surface area contributed by atoms with Crippen molar-refractivity contribution in [2.45, 2.75) is 39.7 Å². The number of fused-ring (bicyclic) bond motifs is 1. The first kappa shape index (κ1) is 22.6. The summed E-state index contributed by atoms with van der Waals surface area (Å²) in [4.78, 5) is 30.5. The minimum absolute atomic E-state index is 0.0774. The number of hydrogen-bond donors (Lipinski definition) is 1. The summed E-state index contributed by atoms with van der Waals surface area (Å²) < 4.78 is 1.32. The van der Waals surface area contributed by atoms with Gasteiger partial charge in [-0.25, -0.2) is 10.4 Å². The lowest BCUT2D eigenvalue weighted by Crippen LogP contribution is -2.30. The molecule has 0 aliphatic heterocycles. The smallest absolute Gasteiger partial charge is 0.263 e. The van der Waals surface area contributed by atoms with Crippen LogP contribution in [0.25, 0.3) is 21.3 Å². The molecule has 168 valence electrons. The van der Waals surface area contributed by atoms with Crippen LogP contribution in [0.2, 0.25) is 0 Å². The van der Waals surface area contributed by atoms with Crippen molar-refractivity contribution in [3.05, 3.63) is 87.3 Å². The third-order valence-corrected chi connectivity index (χ3v) is 6.30. The molecule has 1 amide bonds. The Morgan fingerprint density at radius 1 is 1.12 bits per heavy atom. The summed E-state index contributed by atoms with van der Waals surface area (Å²) in [5, 5.41) is 6.49. The topological polar surface area (TPSA) is 76.3 Å². The van der Waals surface area contributed by atoms with Crippen molar-refractivity contribution < 1.29 is 4.79 Å². The highest BCUT2D eigenvalue weighted by atomic mass is 32.1. The molecule has 2 aromatic carbocycles. The number of aromatic nitrogens is 2. The van der Waals surface area contributed by atoms with Crippen LogP contribution >= 0.6 is 11.3 Å². The summed E-state index contributed by atoms with van der Waals surface area (Å²) in [6, 6.07) is 16.0. The largest absolute Gasteiger partial charge is 0.289 e. The van der Waals surface area contributed by atoms with Gasteiger partial charge >= 0.3 is 0 Å². The van der Waals surface area contributed by atoms with E-state index in [9.17, 15) is 9.59 Å². The van der Waals surface area contributed by atoms with Gasteiger partial charge in [-0.2, -0.15) is 5.10 Å². The second-order valence-corrected chi connectivity index (χ2v) is 9.90. The van der Waals surface area contributed by atoms with E-state index in [-0.39, 0.29) is 17.5 Å². The van der Waals surface area contributed by atoms with Gasteiger partial charge in [0.05, 0.1) is 17.9 Å². The fourth-order valence-corrected chi connectivity index (χ4v) is 4.37. The molecule has 33 heavy (non-hydrogen) atoms. The number of aryl methyl sites for hydroxylation is 1. The standard InChI is InChI=1S/C26H26N4O2S/c1-17-5-9-19(10-6-17)21-15-33-24-23(21)25(32)30(16-27-24)14-22(31)29-28-13-18-7-11-20(12-8-18)26(2,3)4/h5-13,15-16H,14H2,1-4H3,(H,29,31)/b28-13-. The van der Waals surface area contributed by atoms with Gasteiger partial charge in [-0.1, -0.05) is 74.9 Å². The third-order valence-electron chi connectivity index (χ3n) is 5.42. The van der Waals surface area contributed by atoms with Gasteiger partial charge in [0.25, 0.3) is 11.5 Å². The predicted octanol–water partition coefficient (Wildman–Crippen LogP) is 4.88. The van der Waals surface area contributed by atoms with Crippen molar-refractivity contribution in [3.63, 3.8) is 0 Å². The average Bonchev–Trinajstić information content (AvgIpc) is 3.21. The molecule has 2 heterocycles. The Kier molecular flexibility index (Phi) is 6.24. The molecule has 7 heteroatoms. The fraction of sp³-hybridized carbons (Fsp3) is 0.231. The van der Waals surface area contributed by atoms with Crippen LogP contribution in [0.1, 0.15) is 37.5 Å². The number of nitrogens with one attached hydrogen (secondary N) is 1. The van der Waals surface area contributed by atoms with Gasteiger partial charge in [-0.15, -0.1) is 11.3 Å². The Labute approximate surface area is 196 Å². The van der Waals surface area contributed by atoms with Gasteiger partial charge in [0.1, 0.15) is 11.4 Å². The molecule has 0 aliphatic carbocycles. The fourth-order valence-electron chi connectivity index (χ4n) is 3.46. The van der Waals surface area contributed by atoms with Gasteiger partial charge < -0.3 is 0 Å². The first-order valence-electron chi connectivity index (χ1n) is 10.7. The Balaban J connectivity index is 1.48. The Bertz CT molecular complexity index is 1380. The Morgan fingerprint density at radius 2 is 1.82 bits per heavy atom. The van der Waals surface area contributed by atoms with Gasteiger partial charge in [0.15, 0.2) is 0 Å². The molecule has 0 spiro atoms. The lowest BCUT2D eigenvalue weighted by atomic mass is 9.87. The molecular formula is C26H26N4O2S. The molecule has 2 aromatic heterocycles. The van der Waals surface area contributed by atoms with Gasteiger partial charge in [-0.05, 0) is 29.0 Å². The van der Waals surface area contributed by atoms with E-state index in [1.54, 1.807) is 6.21 Å². The highest BCUT2D eigenvalue weighted by Gasteiger charge is 2.15. The summed E-state index contributed by atoms with van der Waals surface area (Å²) >= 11 is 1.42. The van der Waals surface area contributed by atoms with E-state index in [0.29, 0.717) is 10.2 Å². The van der Waals surface area contributed by atoms with Crippen molar-refractivity contribution in [1.29, 1.82) is 0 Å². The highest BCUT2D eigenvalue weighted by Crippen LogP contribution is 2.30. The minimum atomic E-state index is -0.395. The van der Waals surface area contributed by atoms with Crippen molar-refractivity contribution in [2.75, 3.05) is 0 Å². The van der Waals surface area contributed by atoms with Gasteiger partial charge in [0, 0.05) is 10.9 Å². The maximum absolute atomic E-state index is 13.1. The lowest BCUT2D eigenvalue weighted by Gasteiger charge is -2.18. The van der Waals surface area contributed by atoms with Crippen LogP contribution in [-0.2, 0) is 16.8 Å². The molecule has 0 saturated heterocycles. The van der Waals surface area contributed by atoms with Crippen LogP contribution in [0, 0.1) is 6.92 Å². The SMILES string of the molecule is Cc1ccc(-c2csc3ncn(CC(=O)N/N=C\c4ccc(C(C)(C)C)cc4)c(=O)c23)cc1. The zero-order valence-corrected chi connectivity index (χ0v) is 19.9. The molecule has 6 nitrogen and oxygen atoms in total. The summed E-state index contributed by atoms with van der Waals surface area (Å²) in [7, 11) is 0. The molecule has 4 rings (SSSR count). The minimum Gasteiger partial charge on any atom is -0.289 e. The molecule has 1 N–H and O–H groups in total. The quantitative estimate of drug-likeness (QED) is 0.342. The molecule has 0 aliphatic rings. The van der Waals surface area contributed by atoms with Crippen LogP contribution in [-0.4, -0.2) is 21.7 Å². The van der Waals surface area contributed by atoms with Crippen LogP contribution in [0.4, 0.5) is 0 Å². The molecule has 0 radical (unpaired) electrons. The third kappa shape index (κ3) is 5.09. The maximum Gasteiger partial charge on any atom is 0.263 e. The first-order chi connectivity index (χ1) is 15.7. The molecule has 0 atom stereocenters. The van der Waals surface area contributed by atoms with E-state index in [4.69, 9.17) is 0 Å². The number of hydrogen-bond acceptors (Lipinski definition) is 5. The lowest BCUT2D eigenvalue weighted by molar-refractivity contribution is -0.121. The Morgan fingerprint density at radius 3 is 2.48 bits per heavy atom. The van der Waals surface area contributed by atoms with Crippen molar-refractivity contribution in [1.82, 2.24) is 15.0 Å². The summed E-state index contributed by atoms with van der Waals surface area (Å²) in [6.45, 7) is 8.33. The number of carbonyl (C=O) groups is 1. The van der Waals surface area contributed by atoms with E-state index in [1.165, 1.54) is 27.8 Å². The van der Waals surface area contributed by atoms with E-state index in [0.717, 1.165) is 22.3 Å². The Hall–Kier alpha value is -3.58. The van der Waals surface area contributed by atoms with Crippen LogP contribution in [0.3, 0.4) is 0 Å². The summed E-state index contributed by atoms with van der Waals surface area (Å²) in [5.41, 5.74) is 7.37. The molecule has 0 unspecified atom stereocenters. The van der Waals surface area contributed by atoms with E-state index in [2.05, 4.69) is 48.4 Å². The normalized spacial score (nSPS) is 11.9. The average molecular weight is 459 g/mol. The summed E-state index contributed by atoms with van der Waals surface area (Å²) in [6.07, 6.45) is 3.00. The number of rotatable bonds is 5. The van der Waals surface area contributed by atoms with E-state index >= 15 is 0 Å². The van der Waals surface area contributed by atoms with Crippen molar-refractivity contribution in [3.8, 4) is 11.1 Å².